The van der Waals surface area contributed by atoms with E-state index in [2.05, 4.69) is 4.90 Å². The number of aliphatic carboxylic acids is 1. The summed E-state index contributed by atoms with van der Waals surface area (Å²) in [7, 11) is -2.56. The minimum absolute atomic E-state index is 0.00224. The Hall–Kier alpha value is -1.51. The van der Waals surface area contributed by atoms with Gasteiger partial charge in [0.25, 0.3) is 0 Å². The lowest BCUT2D eigenvalue weighted by atomic mass is 9.88. The molecule has 1 aromatic carbocycles. The summed E-state index contributed by atoms with van der Waals surface area (Å²) in [4.78, 5) is 14.0. The zero-order chi connectivity index (χ0) is 18.7. The molecule has 140 valence electrons. The van der Waals surface area contributed by atoms with E-state index in [0.717, 1.165) is 24.3 Å². The number of halogens is 1. The Labute approximate surface area is 147 Å². The maximum absolute atomic E-state index is 13.1. The van der Waals surface area contributed by atoms with Crippen LogP contribution in [0.1, 0.15) is 26.2 Å². The maximum atomic E-state index is 13.1. The molecule has 8 heteroatoms. The van der Waals surface area contributed by atoms with Crippen LogP contribution in [0.25, 0.3) is 0 Å². The average molecular weight is 373 g/mol. The first-order valence-corrected chi connectivity index (χ1v) is 9.73. The summed E-state index contributed by atoms with van der Waals surface area (Å²) in [5.41, 5.74) is 0. The molecule has 1 saturated heterocycles. The number of hydrogen-bond donors (Lipinski definition) is 1. The van der Waals surface area contributed by atoms with Crippen LogP contribution in [0, 0.1) is 5.82 Å². The first kappa shape index (κ1) is 19.8. The summed E-state index contributed by atoms with van der Waals surface area (Å²) >= 11 is 0. The predicted octanol–water partition coefficient (Wildman–Crippen LogP) is 1.94. The van der Waals surface area contributed by atoms with Gasteiger partial charge in [0.15, 0.2) is 14.6 Å². The number of benzene rings is 1. The van der Waals surface area contributed by atoms with E-state index in [1.165, 1.54) is 0 Å². The van der Waals surface area contributed by atoms with Crippen LogP contribution in [0.5, 0.6) is 0 Å². The van der Waals surface area contributed by atoms with Crippen molar-refractivity contribution in [2.75, 3.05) is 26.8 Å². The van der Waals surface area contributed by atoms with Crippen LogP contribution >= 0.6 is 0 Å². The number of methoxy groups -OCH3 is 1. The number of likely N-dealkylation sites (tertiary alicyclic amines) is 1. The van der Waals surface area contributed by atoms with Crippen molar-refractivity contribution in [1.82, 2.24) is 4.90 Å². The first-order chi connectivity index (χ1) is 11.8. The molecule has 2 atom stereocenters. The standard InChI is InChI=1S/C17H24FNO5S/c1-3-14-12-17(16(20)21,8-9-19(14)10-11-24-2)25(22,23)15-6-4-13(18)5-7-15/h4-7,14H,3,8-12H2,1-2H3,(H,20,21). The van der Waals surface area contributed by atoms with Gasteiger partial charge in [0.1, 0.15) is 5.82 Å². The lowest BCUT2D eigenvalue weighted by Gasteiger charge is -2.43. The molecule has 0 amide bonds. The number of piperidine rings is 1. The van der Waals surface area contributed by atoms with Crippen molar-refractivity contribution in [3.8, 4) is 0 Å². The molecular formula is C17H24FNO5S. The normalized spacial score (nSPS) is 25.0. The van der Waals surface area contributed by atoms with Crippen LogP contribution in [0.15, 0.2) is 29.2 Å². The largest absolute Gasteiger partial charge is 0.480 e. The third-order valence-corrected chi connectivity index (χ3v) is 7.43. The quantitative estimate of drug-likeness (QED) is 0.736. The molecule has 1 aliphatic heterocycles. The summed E-state index contributed by atoms with van der Waals surface area (Å²) in [6.07, 6.45) is 0.627. The predicted molar refractivity (Wildman–Crippen MR) is 90.7 cm³/mol. The molecule has 0 aliphatic carbocycles. The zero-order valence-electron chi connectivity index (χ0n) is 14.4. The fraction of sp³-hybridized carbons (Fsp3) is 0.588. The highest BCUT2D eigenvalue weighted by molar-refractivity contribution is 7.93. The molecule has 1 aliphatic rings. The molecule has 25 heavy (non-hydrogen) atoms. The topological polar surface area (TPSA) is 83.9 Å². The van der Waals surface area contributed by atoms with Gasteiger partial charge in [0.05, 0.1) is 11.5 Å². The van der Waals surface area contributed by atoms with Crippen molar-refractivity contribution in [2.45, 2.75) is 41.9 Å². The molecule has 6 nitrogen and oxygen atoms in total. The van der Waals surface area contributed by atoms with Gasteiger partial charge in [-0.2, -0.15) is 0 Å². The van der Waals surface area contributed by atoms with Gasteiger partial charge in [-0.05, 0) is 43.5 Å². The maximum Gasteiger partial charge on any atom is 0.325 e. The van der Waals surface area contributed by atoms with Crippen LogP contribution in [-0.4, -0.2) is 62.0 Å². The third kappa shape index (κ3) is 3.70. The second-order valence-electron chi connectivity index (χ2n) is 6.30. The highest BCUT2D eigenvalue weighted by Crippen LogP contribution is 2.39. The van der Waals surface area contributed by atoms with Gasteiger partial charge in [-0.1, -0.05) is 6.92 Å². The number of carboxylic acids is 1. The van der Waals surface area contributed by atoms with Gasteiger partial charge >= 0.3 is 5.97 Å². The smallest absolute Gasteiger partial charge is 0.325 e. The number of sulfone groups is 1. The van der Waals surface area contributed by atoms with Crippen LogP contribution < -0.4 is 0 Å². The minimum Gasteiger partial charge on any atom is -0.480 e. The molecule has 0 aromatic heterocycles. The molecule has 0 radical (unpaired) electrons. The van der Waals surface area contributed by atoms with E-state index in [1.807, 2.05) is 6.92 Å². The van der Waals surface area contributed by atoms with Crippen molar-refractivity contribution < 1.29 is 27.4 Å². The van der Waals surface area contributed by atoms with Gasteiger partial charge < -0.3 is 9.84 Å². The van der Waals surface area contributed by atoms with E-state index in [9.17, 15) is 22.7 Å². The average Bonchev–Trinajstić information content (AvgIpc) is 2.59. The van der Waals surface area contributed by atoms with E-state index in [4.69, 9.17) is 4.74 Å². The summed E-state index contributed by atoms with van der Waals surface area (Å²) < 4.78 is 42.5. The highest BCUT2D eigenvalue weighted by Gasteiger charge is 2.55. The molecule has 0 bridgehead atoms. The van der Waals surface area contributed by atoms with E-state index >= 15 is 0 Å². The van der Waals surface area contributed by atoms with E-state index in [0.29, 0.717) is 26.1 Å². The summed E-state index contributed by atoms with van der Waals surface area (Å²) in [6.45, 7) is 3.39. The summed E-state index contributed by atoms with van der Waals surface area (Å²) in [5.74, 6) is -1.91. The minimum atomic E-state index is -4.15. The van der Waals surface area contributed by atoms with Gasteiger partial charge in [0.2, 0.25) is 0 Å². The van der Waals surface area contributed by atoms with E-state index in [1.54, 1.807) is 7.11 Å². The van der Waals surface area contributed by atoms with Crippen molar-refractivity contribution in [3.63, 3.8) is 0 Å². The highest BCUT2D eigenvalue weighted by atomic mass is 32.2. The van der Waals surface area contributed by atoms with Gasteiger partial charge in [-0.15, -0.1) is 0 Å². The van der Waals surface area contributed by atoms with Crippen LogP contribution in [0.3, 0.4) is 0 Å². The third-order valence-electron chi connectivity index (χ3n) is 4.97. The van der Waals surface area contributed by atoms with Crippen molar-refractivity contribution in [3.05, 3.63) is 30.1 Å². The Kier molecular flexibility index (Phi) is 6.18. The Morgan fingerprint density at radius 3 is 2.56 bits per heavy atom. The van der Waals surface area contributed by atoms with Crippen molar-refractivity contribution in [2.24, 2.45) is 0 Å². The number of ether oxygens (including phenoxy) is 1. The molecule has 0 spiro atoms. The SMILES string of the molecule is CCC1CC(C(=O)O)(S(=O)(=O)c2ccc(F)cc2)CCN1CCOC. The van der Waals surface area contributed by atoms with Gasteiger partial charge in [0, 0.05) is 26.2 Å². The van der Waals surface area contributed by atoms with Crippen molar-refractivity contribution >= 4 is 15.8 Å². The Balaban J connectivity index is 2.39. The molecule has 1 heterocycles. The first-order valence-electron chi connectivity index (χ1n) is 8.25. The molecule has 1 fully saturated rings. The van der Waals surface area contributed by atoms with Crippen LogP contribution in [0.4, 0.5) is 4.39 Å². The number of nitrogens with zero attached hydrogens (tertiary/aromatic N) is 1. The molecule has 1 N–H and O–H groups in total. The number of carbonyl (C=O) groups is 1. The Morgan fingerprint density at radius 1 is 1.40 bits per heavy atom. The zero-order valence-corrected chi connectivity index (χ0v) is 15.3. The lowest BCUT2D eigenvalue weighted by molar-refractivity contribution is -0.142. The monoisotopic (exact) mass is 373 g/mol. The van der Waals surface area contributed by atoms with Crippen LogP contribution in [-0.2, 0) is 19.4 Å². The van der Waals surface area contributed by atoms with Gasteiger partial charge in [-0.25, -0.2) is 12.8 Å². The van der Waals surface area contributed by atoms with Gasteiger partial charge in [-0.3, -0.25) is 9.69 Å². The Morgan fingerprint density at radius 2 is 2.04 bits per heavy atom. The summed E-state index contributed by atoms with van der Waals surface area (Å²) in [5, 5.41) is 9.82. The van der Waals surface area contributed by atoms with E-state index in [-0.39, 0.29) is 23.8 Å². The number of carboxylic acid groups (broad SMARTS) is 1. The number of hydrogen-bond acceptors (Lipinski definition) is 5. The number of rotatable bonds is 7. The molecule has 2 unspecified atom stereocenters. The van der Waals surface area contributed by atoms with Crippen molar-refractivity contribution in [1.29, 1.82) is 0 Å². The Bertz CT molecular complexity index is 706. The molecular weight excluding hydrogens is 349 g/mol. The molecule has 2 rings (SSSR count). The summed E-state index contributed by atoms with van der Waals surface area (Å²) in [6, 6.07) is 4.16. The van der Waals surface area contributed by atoms with Crippen LogP contribution in [0.2, 0.25) is 0 Å². The molecule has 1 aromatic rings. The second kappa shape index (κ2) is 7.80. The fourth-order valence-electron chi connectivity index (χ4n) is 3.42. The fourth-order valence-corrected chi connectivity index (χ4v) is 5.36. The second-order valence-corrected chi connectivity index (χ2v) is 8.56. The molecule has 0 saturated carbocycles. The lowest BCUT2D eigenvalue weighted by Crippen LogP contribution is -2.58. The van der Waals surface area contributed by atoms with E-state index < -0.39 is 26.4 Å².